The highest BCUT2D eigenvalue weighted by Crippen LogP contribution is 2.24. The van der Waals surface area contributed by atoms with Crippen LogP contribution >= 0.6 is 0 Å². The molecule has 0 aliphatic heterocycles. The molecule has 4 nitrogen and oxygen atoms in total. The Morgan fingerprint density at radius 1 is 1.35 bits per heavy atom. The zero-order valence-corrected chi connectivity index (χ0v) is 11.9. The van der Waals surface area contributed by atoms with Crippen LogP contribution in [0.4, 0.5) is 16.0 Å². The van der Waals surface area contributed by atoms with Gasteiger partial charge in [-0.3, -0.25) is 0 Å². The molecule has 106 valence electrons. The van der Waals surface area contributed by atoms with Gasteiger partial charge >= 0.3 is 0 Å². The third-order valence-electron chi connectivity index (χ3n) is 3.38. The first-order valence-electron chi connectivity index (χ1n) is 6.64. The van der Waals surface area contributed by atoms with E-state index in [-0.39, 0.29) is 11.9 Å². The Kier molecular flexibility index (Phi) is 4.17. The average Bonchev–Trinajstić information content (AvgIpc) is 2.42. The van der Waals surface area contributed by atoms with Crippen LogP contribution in [0.1, 0.15) is 36.6 Å². The molecule has 0 aliphatic carbocycles. The molecule has 2 rings (SSSR count). The van der Waals surface area contributed by atoms with Crippen molar-refractivity contribution < 1.29 is 4.39 Å². The van der Waals surface area contributed by atoms with Gasteiger partial charge in [-0.2, -0.15) is 0 Å². The van der Waals surface area contributed by atoms with Crippen molar-refractivity contribution in [1.29, 1.82) is 0 Å². The number of hydrogen-bond donors (Lipinski definition) is 2. The molecule has 1 aromatic carbocycles. The average molecular weight is 274 g/mol. The Labute approximate surface area is 118 Å². The molecule has 0 amide bonds. The number of nitrogens with one attached hydrogen (secondary N) is 1. The van der Waals surface area contributed by atoms with E-state index in [4.69, 9.17) is 5.73 Å². The molecule has 0 bridgehead atoms. The van der Waals surface area contributed by atoms with Gasteiger partial charge in [0.2, 0.25) is 0 Å². The van der Waals surface area contributed by atoms with Gasteiger partial charge in [-0.05, 0) is 37.5 Å². The first-order chi connectivity index (χ1) is 9.52. The molecule has 20 heavy (non-hydrogen) atoms. The summed E-state index contributed by atoms with van der Waals surface area (Å²) in [6.45, 7) is 5.70. The molecule has 0 saturated heterocycles. The SMILES string of the molecule is CCc1c(N)ncnc1NC(C)c1ccc(C)c(F)c1. The molecule has 1 unspecified atom stereocenters. The molecule has 1 aromatic heterocycles. The minimum absolute atomic E-state index is 0.0651. The fraction of sp³-hybridized carbons (Fsp3) is 0.333. The second-order valence-corrected chi connectivity index (χ2v) is 4.81. The molecule has 1 atom stereocenters. The van der Waals surface area contributed by atoms with Gasteiger partial charge in [0.05, 0.1) is 6.04 Å². The Hall–Kier alpha value is -2.17. The lowest BCUT2D eigenvalue weighted by molar-refractivity contribution is 0.614. The van der Waals surface area contributed by atoms with E-state index in [1.165, 1.54) is 6.33 Å². The topological polar surface area (TPSA) is 63.8 Å². The summed E-state index contributed by atoms with van der Waals surface area (Å²) in [5, 5.41) is 3.27. The number of anilines is 2. The zero-order valence-electron chi connectivity index (χ0n) is 11.9. The minimum Gasteiger partial charge on any atom is -0.383 e. The summed E-state index contributed by atoms with van der Waals surface area (Å²) in [6.07, 6.45) is 2.17. The third kappa shape index (κ3) is 2.87. The van der Waals surface area contributed by atoms with Crippen molar-refractivity contribution in [1.82, 2.24) is 9.97 Å². The zero-order chi connectivity index (χ0) is 14.7. The van der Waals surface area contributed by atoms with Crippen LogP contribution in [0, 0.1) is 12.7 Å². The number of nitrogens with zero attached hydrogens (tertiary/aromatic N) is 2. The summed E-state index contributed by atoms with van der Waals surface area (Å²) in [5.41, 5.74) is 8.23. The van der Waals surface area contributed by atoms with Crippen molar-refractivity contribution in [2.24, 2.45) is 0 Å². The van der Waals surface area contributed by atoms with Gasteiger partial charge in [0.25, 0.3) is 0 Å². The maximum atomic E-state index is 13.6. The summed E-state index contributed by atoms with van der Waals surface area (Å²) >= 11 is 0. The smallest absolute Gasteiger partial charge is 0.135 e. The lowest BCUT2D eigenvalue weighted by Crippen LogP contribution is -2.12. The second-order valence-electron chi connectivity index (χ2n) is 4.81. The van der Waals surface area contributed by atoms with E-state index in [0.29, 0.717) is 17.2 Å². The monoisotopic (exact) mass is 274 g/mol. The highest BCUT2D eigenvalue weighted by atomic mass is 19.1. The third-order valence-corrected chi connectivity index (χ3v) is 3.38. The number of rotatable bonds is 4. The summed E-state index contributed by atoms with van der Waals surface area (Å²) in [6, 6.07) is 5.16. The van der Waals surface area contributed by atoms with Gasteiger partial charge in [0.1, 0.15) is 23.8 Å². The van der Waals surface area contributed by atoms with Crippen molar-refractivity contribution in [3.05, 3.63) is 47.0 Å². The molecule has 2 aromatic rings. The van der Waals surface area contributed by atoms with Gasteiger partial charge in [-0.25, -0.2) is 14.4 Å². The lowest BCUT2D eigenvalue weighted by atomic mass is 10.1. The molecule has 0 saturated carbocycles. The normalized spacial score (nSPS) is 12.2. The van der Waals surface area contributed by atoms with Gasteiger partial charge in [0.15, 0.2) is 0 Å². The molecule has 5 heteroatoms. The predicted molar refractivity (Wildman–Crippen MR) is 79.0 cm³/mol. The summed E-state index contributed by atoms with van der Waals surface area (Å²) < 4.78 is 13.6. The van der Waals surface area contributed by atoms with Gasteiger partial charge in [-0.1, -0.05) is 19.1 Å². The Bertz CT molecular complexity index is 613. The van der Waals surface area contributed by atoms with Crippen molar-refractivity contribution in [2.45, 2.75) is 33.2 Å². The lowest BCUT2D eigenvalue weighted by Gasteiger charge is -2.18. The summed E-state index contributed by atoms with van der Waals surface area (Å²) in [4.78, 5) is 8.20. The van der Waals surface area contributed by atoms with Crippen molar-refractivity contribution >= 4 is 11.6 Å². The Morgan fingerprint density at radius 3 is 2.75 bits per heavy atom. The van der Waals surface area contributed by atoms with Gasteiger partial charge < -0.3 is 11.1 Å². The molecular formula is C15H19FN4. The number of nitrogen functional groups attached to an aromatic ring is 1. The molecule has 0 radical (unpaired) electrons. The highest BCUT2D eigenvalue weighted by molar-refractivity contribution is 5.55. The summed E-state index contributed by atoms with van der Waals surface area (Å²) in [5.74, 6) is 0.981. The molecule has 1 heterocycles. The maximum absolute atomic E-state index is 13.6. The minimum atomic E-state index is -0.200. The van der Waals surface area contributed by atoms with Gasteiger partial charge in [-0.15, -0.1) is 0 Å². The van der Waals surface area contributed by atoms with Crippen LogP contribution < -0.4 is 11.1 Å². The molecule has 3 N–H and O–H groups in total. The first-order valence-corrected chi connectivity index (χ1v) is 6.64. The van der Waals surface area contributed by atoms with E-state index in [1.54, 1.807) is 19.1 Å². The van der Waals surface area contributed by atoms with E-state index in [0.717, 1.165) is 17.5 Å². The standard InChI is InChI=1S/C15H19FN4/c1-4-12-14(17)18-8-19-15(12)20-10(3)11-6-5-9(2)13(16)7-11/h5-8,10H,4H2,1-3H3,(H3,17,18,19,20). The largest absolute Gasteiger partial charge is 0.383 e. The Morgan fingerprint density at radius 2 is 2.10 bits per heavy atom. The quantitative estimate of drug-likeness (QED) is 0.898. The fourth-order valence-corrected chi connectivity index (χ4v) is 2.07. The van der Waals surface area contributed by atoms with E-state index in [9.17, 15) is 4.39 Å². The van der Waals surface area contributed by atoms with Crippen molar-refractivity contribution in [3.8, 4) is 0 Å². The van der Waals surface area contributed by atoms with Gasteiger partial charge in [0, 0.05) is 5.56 Å². The number of halogens is 1. The van der Waals surface area contributed by atoms with Crippen molar-refractivity contribution in [2.75, 3.05) is 11.1 Å². The maximum Gasteiger partial charge on any atom is 0.135 e. The van der Waals surface area contributed by atoms with Crippen molar-refractivity contribution in [3.63, 3.8) is 0 Å². The highest BCUT2D eigenvalue weighted by Gasteiger charge is 2.12. The summed E-state index contributed by atoms with van der Waals surface area (Å²) in [7, 11) is 0. The first kappa shape index (κ1) is 14.2. The Balaban J connectivity index is 2.25. The number of nitrogens with two attached hydrogens (primary N) is 1. The second kappa shape index (κ2) is 5.86. The van der Waals surface area contributed by atoms with Crippen LogP contribution in [0.25, 0.3) is 0 Å². The number of aromatic nitrogens is 2. The van der Waals surface area contributed by atoms with Crippen LogP contribution in [0.2, 0.25) is 0 Å². The fourth-order valence-electron chi connectivity index (χ4n) is 2.07. The molecular weight excluding hydrogens is 255 g/mol. The molecule has 0 aliphatic rings. The number of aryl methyl sites for hydroxylation is 1. The van der Waals surface area contributed by atoms with Crippen LogP contribution in [-0.4, -0.2) is 9.97 Å². The van der Waals surface area contributed by atoms with Crippen LogP contribution in [0.5, 0.6) is 0 Å². The van der Waals surface area contributed by atoms with Crippen LogP contribution in [-0.2, 0) is 6.42 Å². The van der Waals surface area contributed by atoms with Crippen LogP contribution in [0.15, 0.2) is 24.5 Å². The van der Waals surface area contributed by atoms with E-state index >= 15 is 0 Å². The molecule has 0 fully saturated rings. The van der Waals surface area contributed by atoms with E-state index in [1.807, 2.05) is 19.9 Å². The van der Waals surface area contributed by atoms with Crippen LogP contribution in [0.3, 0.4) is 0 Å². The molecule has 0 spiro atoms. The predicted octanol–water partition coefficient (Wildman–Crippen LogP) is 3.24. The van der Waals surface area contributed by atoms with E-state index < -0.39 is 0 Å². The van der Waals surface area contributed by atoms with E-state index in [2.05, 4.69) is 15.3 Å². The number of hydrogen-bond acceptors (Lipinski definition) is 4. The number of benzene rings is 1.